The van der Waals surface area contributed by atoms with Crippen LogP contribution in [-0.2, 0) is 17.6 Å². The van der Waals surface area contributed by atoms with Gasteiger partial charge in [0.05, 0.1) is 6.42 Å². The van der Waals surface area contributed by atoms with E-state index < -0.39 is 0 Å². The lowest BCUT2D eigenvalue weighted by molar-refractivity contribution is -0.131. The van der Waals surface area contributed by atoms with Crippen LogP contribution in [0.25, 0.3) is 10.9 Å². The van der Waals surface area contributed by atoms with Crippen molar-refractivity contribution in [2.75, 3.05) is 13.1 Å². The van der Waals surface area contributed by atoms with Crippen LogP contribution in [-0.4, -0.2) is 28.9 Å². The van der Waals surface area contributed by atoms with Gasteiger partial charge in [0.2, 0.25) is 5.91 Å². The van der Waals surface area contributed by atoms with Gasteiger partial charge in [-0.2, -0.15) is 0 Å². The molecule has 2 aromatic carbocycles. The van der Waals surface area contributed by atoms with Crippen LogP contribution in [0.3, 0.4) is 0 Å². The van der Waals surface area contributed by atoms with E-state index in [9.17, 15) is 4.79 Å². The topological polar surface area (TPSA) is 36.1 Å². The van der Waals surface area contributed by atoms with Crippen LogP contribution in [0.5, 0.6) is 0 Å². The molecular weight excluding hydrogens is 308 g/mol. The first-order valence-corrected chi connectivity index (χ1v) is 9.16. The molecule has 25 heavy (non-hydrogen) atoms. The van der Waals surface area contributed by atoms with Gasteiger partial charge in [-0.05, 0) is 42.4 Å². The highest BCUT2D eigenvalue weighted by Crippen LogP contribution is 2.23. The van der Waals surface area contributed by atoms with Gasteiger partial charge in [0.25, 0.3) is 0 Å². The van der Waals surface area contributed by atoms with Crippen molar-refractivity contribution < 1.29 is 4.79 Å². The molecule has 0 saturated carbocycles. The van der Waals surface area contributed by atoms with Gasteiger partial charge in [0, 0.05) is 30.2 Å². The number of para-hydroxylation sites is 1. The first-order valence-electron chi connectivity index (χ1n) is 9.16. The number of aromatic amines is 1. The summed E-state index contributed by atoms with van der Waals surface area (Å²) in [6.45, 7) is 1.78. The van der Waals surface area contributed by atoms with E-state index in [2.05, 4.69) is 47.4 Å². The van der Waals surface area contributed by atoms with Gasteiger partial charge in [-0.3, -0.25) is 4.79 Å². The standard InChI is InChI=1S/C22H24N2O/c25-22(15-19-16-23-21-9-5-4-8-20(19)21)24-12-10-18(11-13-24)14-17-6-2-1-3-7-17/h1-9,16,18,23H,10-15H2. The minimum atomic E-state index is 0.253. The maximum absolute atomic E-state index is 12.7. The smallest absolute Gasteiger partial charge is 0.227 e. The number of fused-ring (bicyclic) bond motifs is 1. The predicted octanol–water partition coefficient (Wildman–Crippen LogP) is 4.19. The molecule has 3 nitrogen and oxygen atoms in total. The second kappa shape index (κ2) is 7.14. The zero-order chi connectivity index (χ0) is 17.1. The van der Waals surface area contributed by atoms with Gasteiger partial charge in [0.15, 0.2) is 0 Å². The van der Waals surface area contributed by atoms with E-state index in [4.69, 9.17) is 0 Å². The molecule has 1 fully saturated rings. The summed E-state index contributed by atoms with van der Waals surface area (Å²) in [7, 11) is 0. The van der Waals surface area contributed by atoms with Crippen molar-refractivity contribution in [3.8, 4) is 0 Å². The van der Waals surface area contributed by atoms with E-state index in [1.54, 1.807) is 0 Å². The van der Waals surface area contributed by atoms with E-state index in [1.165, 1.54) is 5.56 Å². The summed E-state index contributed by atoms with van der Waals surface area (Å²) in [6.07, 6.45) is 5.81. The summed E-state index contributed by atoms with van der Waals surface area (Å²) in [6, 6.07) is 18.9. The van der Waals surface area contributed by atoms with E-state index >= 15 is 0 Å². The zero-order valence-corrected chi connectivity index (χ0v) is 14.4. The number of hydrogen-bond acceptors (Lipinski definition) is 1. The van der Waals surface area contributed by atoms with Crippen LogP contribution in [0, 0.1) is 5.92 Å². The molecule has 1 amide bonds. The number of piperidine rings is 1. The minimum absolute atomic E-state index is 0.253. The number of H-pyrrole nitrogens is 1. The van der Waals surface area contributed by atoms with Crippen LogP contribution >= 0.6 is 0 Å². The lowest BCUT2D eigenvalue weighted by Gasteiger charge is -2.32. The molecule has 0 radical (unpaired) electrons. The van der Waals surface area contributed by atoms with Crippen molar-refractivity contribution in [1.29, 1.82) is 0 Å². The van der Waals surface area contributed by atoms with Crippen LogP contribution in [0.4, 0.5) is 0 Å². The Morgan fingerprint density at radius 1 is 1.00 bits per heavy atom. The average molecular weight is 332 g/mol. The number of carbonyl (C=O) groups is 1. The van der Waals surface area contributed by atoms with Crippen LogP contribution in [0.15, 0.2) is 60.8 Å². The largest absolute Gasteiger partial charge is 0.361 e. The molecule has 3 heteroatoms. The maximum atomic E-state index is 12.7. The highest BCUT2D eigenvalue weighted by atomic mass is 16.2. The monoisotopic (exact) mass is 332 g/mol. The third-order valence-electron chi connectivity index (χ3n) is 5.35. The third kappa shape index (κ3) is 3.60. The fourth-order valence-corrected chi connectivity index (χ4v) is 3.89. The molecule has 3 aromatic rings. The SMILES string of the molecule is O=C(Cc1c[nH]c2ccccc12)N1CCC(Cc2ccccc2)CC1. The Bertz CT molecular complexity index is 845. The average Bonchev–Trinajstić information content (AvgIpc) is 3.06. The number of likely N-dealkylation sites (tertiary alicyclic amines) is 1. The van der Waals surface area contributed by atoms with Crippen molar-refractivity contribution in [2.24, 2.45) is 5.92 Å². The Morgan fingerprint density at radius 3 is 2.52 bits per heavy atom. The predicted molar refractivity (Wildman–Crippen MR) is 101 cm³/mol. The second-order valence-electron chi connectivity index (χ2n) is 7.05. The maximum Gasteiger partial charge on any atom is 0.227 e. The fourth-order valence-electron chi connectivity index (χ4n) is 3.89. The van der Waals surface area contributed by atoms with Crippen molar-refractivity contribution >= 4 is 16.8 Å². The molecule has 0 atom stereocenters. The Hall–Kier alpha value is -2.55. The van der Waals surface area contributed by atoms with Crippen LogP contribution < -0.4 is 0 Å². The highest BCUT2D eigenvalue weighted by Gasteiger charge is 2.23. The molecule has 0 bridgehead atoms. The quantitative estimate of drug-likeness (QED) is 0.764. The molecule has 4 rings (SSSR count). The summed E-state index contributed by atoms with van der Waals surface area (Å²) in [5, 5.41) is 1.16. The number of benzene rings is 2. The van der Waals surface area contributed by atoms with Gasteiger partial charge in [-0.15, -0.1) is 0 Å². The molecular formula is C22H24N2O. The number of amides is 1. The third-order valence-corrected chi connectivity index (χ3v) is 5.35. The molecule has 1 aliphatic heterocycles. The lowest BCUT2D eigenvalue weighted by Crippen LogP contribution is -2.39. The van der Waals surface area contributed by atoms with E-state index in [0.29, 0.717) is 12.3 Å². The summed E-state index contributed by atoms with van der Waals surface area (Å²) >= 11 is 0. The molecule has 1 aliphatic rings. The number of carbonyl (C=O) groups excluding carboxylic acids is 1. The molecule has 128 valence electrons. The highest BCUT2D eigenvalue weighted by molar-refractivity contribution is 5.88. The van der Waals surface area contributed by atoms with E-state index in [0.717, 1.165) is 48.8 Å². The summed E-state index contributed by atoms with van der Waals surface area (Å²) in [4.78, 5) is 18.0. The molecule has 0 unspecified atom stereocenters. The van der Waals surface area contributed by atoms with E-state index in [-0.39, 0.29) is 5.91 Å². The van der Waals surface area contributed by atoms with E-state index in [1.807, 2.05) is 23.2 Å². The Morgan fingerprint density at radius 2 is 1.72 bits per heavy atom. The fraction of sp³-hybridized carbons (Fsp3) is 0.318. The number of rotatable bonds is 4. The molecule has 1 saturated heterocycles. The lowest BCUT2D eigenvalue weighted by atomic mass is 9.90. The number of nitrogens with zero attached hydrogens (tertiary/aromatic N) is 1. The Balaban J connectivity index is 1.33. The number of nitrogens with one attached hydrogen (secondary N) is 1. The summed E-state index contributed by atoms with van der Waals surface area (Å²) in [5.41, 5.74) is 3.62. The van der Waals surface area contributed by atoms with Crippen LogP contribution in [0.1, 0.15) is 24.0 Å². The van der Waals surface area contributed by atoms with Gasteiger partial charge >= 0.3 is 0 Å². The zero-order valence-electron chi connectivity index (χ0n) is 14.4. The Kier molecular flexibility index (Phi) is 4.55. The van der Waals surface area contributed by atoms with Gasteiger partial charge in [0.1, 0.15) is 0 Å². The summed E-state index contributed by atoms with van der Waals surface area (Å²) in [5.74, 6) is 0.947. The molecule has 0 spiro atoms. The second-order valence-corrected chi connectivity index (χ2v) is 7.05. The Labute approximate surface area is 148 Å². The van der Waals surface area contributed by atoms with Crippen molar-refractivity contribution in [3.05, 3.63) is 71.9 Å². The minimum Gasteiger partial charge on any atom is -0.361 e. The summed E-state index contributed by atoms with van der Waals surface area (Å²) < 4.78 is 0. The van der Waals surface area contributed by atoms with Gasteiger partial charge < -0.3 is 9.88 Å². The molecule has 1 N–H and O–H groups in total. The normalized spacial score (nSPS) is 15.6. The molecule has 0 aliphatic carbocycles. The van der Waals surface area contributed by atoms with Crippen molar-refractivity contribution in [1.82, 2.24) is 9.88 Å². The van der Waals surface area contributed by atoms with Crippen molar-refractivity contribution in [2.45, 2.75) is 25.7 Å². The van der Waals surface area contributed by atoms with Crippen LogP contribution in [0.2, 0.25) is 0 Å². The van der Waals surface area contributed by atoms with Gasteiger partial charge in [-0.25, -0.2) is 0 Å². The number of aromatic nitrogens is 1. The molecule has 2 heterocycles. The first-order chi connectivity index (χ1) is 12.3. The first kappa shape index (κ1) is 15.9. The number of hydrogen-bond donors (Lipinski definition) is 1. The van der Waals surface area contributed by atoms with Gasteiger partial charge in [-0.1, -0.05) is 48.5 Å². The molecule has 1 aromatic heterocycles. The van der Waals surface area contributed by atoms with Crippen molar-refractivity contribution in [3.63, 3.8) is 0 Å².